The molecule has 0 amide bonds. The molecule has 0 fully saturated rings. The molecule has 0 aliphatic rings. The predicted octanol–water partition coefficient (Wildman–Crippen LogP) is 3.21. The third-order valence-electron chi connectivity index (χ3n) is 2.77. The molecule has 21 heavy (non-hydrogen) atoms. The van der Waals surface area contributed by atoms with Crippen LogP contribution in [0.15, 0.2) is 23.1 Å². The van der Waals surface area contributed by atoms with Crippen molar-refractivity contribution in [2.45, 2.75) is 38.2 Å². The van der Waals surface area contributed by atoms with Crippen molar-refractivity contribution in [3.05, 3.63) is 23.8 Å². The van der Waals surface area contributed by atoms with Crippen LogP contribution in [-0.2, 0) is 13.8 Å². The van der Waals surface area contributed by atoms with Gasteiger partial charge in [-0.25, -0.2) is 13.2 Å². The molecule has 0 saturated carbocycles. The molecule has 0 bridgehead atoms. The van der Waals surface area contributed by atoms with Gasteiger partial charge >= 0.3 is 5.97 Å². The molecule has 118 valence electrons. The van der Waals surface area contributed by atoms with Crippen LogP contribution in [0.25, 0.3) is 0 Å². The van der Waals surface area contributed by atoms with E-state index in [4.69, 9.17) is 20.2 Å². The zero-order valence-corrected chi connectivity index (χ0v) is 14.0. The van der Waals surface area contributed by atoms with E-state index in [1.807, 2.05) is 13.8 Å². The van der Waals surface area contributed by atoms with E-state index in [0.29, 0.717) is 5.92 Å². The molecule has 0 N–H and O–H groups in total. The summed E-state index contributed by atoms with van der Waals surface area (Å²) in [6, 6.07) is 3.97. The van der Waals surface area contributed by atoms with Crippen molar-refractivity contribution in [1.29, 1.82) is 0 Å². The van der Waals surface area contributed by atoms with Crippen molar-refractivity contribution in [2.75, 3.05) is 7.11 Å². The van der Waals surface area contributed by atoms with E-state index in [0.717, 1.165) is 12.5 Å². The van der Waals surface area contributed by atoms with E-state index in [1.165, 1.54) is 19.2 Å². The summed E-state index contributed by atoms with van der Waals surface area (Å²) in [5.74, 6) is -0.119. The van der Waals surface area contributed by atoms with Gasteiger partial charge in [-0.2, -0.15) is 0 Å². The topological polar surface area (TPSA) is 69.7 Å². The van der Waals surface area contributed by atoms with Crippen LogP contribution in [0.5, 0.6) is 5.75 Å². The summed E-state index contributed by atoms with van der Waals surface area (Å²) < 4.78 is 33.2. The van der Waals surface area contributed by atoms with E-state index >= 15 is 0 Å². The Morgan fingerprint density at radius 1 is 1.29 bits per heavy atom. The number of ether oxygens (including phenoxy) is 2. The highest BCUT2D eigenvalue weighted by molar-refractivity contribution is 8.13. The fraction of sp³-hybridized carbons (Fsp3) is 0.500. The first kappa shape index (κ1) is 17.8. The minimum atomic E-state index is -4.01. The van der Waals surface area contributed by atoms with Gasteiger partial charge in [0.25, 0.3) is 9.05 Å². The highest BCUT2D eigenvalue weighted by Crippen LogP contribution is 2.28. The van der Waals surface area contributed by atoms with Crippen LogP contribution in [0.4, 0.5) is 0 Å². The average molecular weight is 335 g/mol. The zero-order valence-electron chi connectivity index (χ0n) is 12.4. The van der Waals surface area contributed by atoms with Crippen LogP contribution in [-0.4, -0.2) is 27.6 Å². The van der Waals surface area contributed by atoms with Gasteiger partial charge in [0.1, 0.15) is 10.6 Å². The first-order valence-electron chi connectivity index (χ1n) is 6.48. The van der Waals surface area contributed by atoms with Crippen molar-refractivity contribution >= 4 is 25.7 Å². The summed E-state index contributed by atoms with van der Waals surface area (Å²) >= 11 is 0. The number of hydrogen-bond donors (Lipinski definition) is 0. The summed E-state index contributed by atoms with van der Waals surface area (Å²) in [6.07, 6.45) is 0.471. The van der Waals surface area contributed by atoms with Crippen LogP contribution in [0, 0.1) is 5.92 Å². The Balaban J connectivity index is 3.02. The quantitative estimate of drug-likeness (QED) is 0.590. The van der Waals surface area contributed by atoms with E-state index in [2.05, 4.69) is 0 Å². The standard InChI is InChI=1S/C14H19ClO5S/c1-9(2)7-10(3)20-14(16)11-5-6-12(19-4)13(8-11)21(15,17)18/h5-6,8-10H,7H2,1-4H3. The molecule has 0 radical (unpaired) electrons. The number of halogens is 1. The zero-order chi connectivity index (χ0) is 16.2. The van der Waals surface area contributed by atoms with Gasteiger partial charge in [0.05, 0.1) is 18.8 Å². The van der Waals surface area contributed by atoms with Gasteiger partial charge in [-0.3, -0.25) is 0 Å². The van der Waals surface area contributed by atoms with Crippen LogP contribution in [0.3, 0.4) is 0 Å². The van der Waals surface area contributed by atoms with Gasteiger partial charge in [-0.15, -0.1) is 0 Å². The lowest BCUT2D eigenvalue weighted by Crippen LogP contribution is -2.17. The molecule has 1 unspecified atom stereocenters. The maximum Gasteiger partial charge on any atom is 0.338 e. The largest absolute Gasteiger partial charge is 0.495 e. The Bertz CT molecular complexity index is 610. The van der Waals surface area contributed by atoms with Crippen molar-refractivity contribution in [3.63, 3.8) is 0 Å². The molecule has 0 aromatic heterocycles. The van der Waals surface area contributed by atoms with Crippen LogP contribution in [0.2, 0.25) is 0 Å². The summed E-state index contributed by atoms with van der Waals surface area (Å²) in [6.45, 7) is 5.84. The SMILES string of the molecule is COc1ccc(C(=O)OC(C)CC(C)C)cc1S(=O)(=O)Cl. The Morgan fingerprint density at radius 2 is 1.90 bits per heavy atom. The van der Waals surface area contributed by atoms with E-state index in [-0.39, 0.29) is 22.3 Å². The van der Waals surface area contributed by atoms with Crippen molar-refractivity contribution < 1.29 is 22.7 Å². The highest BCUT2D eigenvalue weighted by Gasteiger charge is 2.21. The fourth-order valence-corrected chi connectivity index (χ4v) is 2.98. The third-order valence-corrected chi connectivity index (χ3v) is 4.12. The first-order chi connectivity index (χ1) is 9.65. The predicted molar refractivity (Wildman–Crippen MR) is 80.4 cm³/mol. The number of methoxy groups -OCH3 is 1. The second-order valence-electron chi connectivity index (χ2n) is 5.15. The number of hydrogen-bond acceptors (Lipinski definition) is 5. The molecule has 1 aromatic rings. The van der Waals surface area contributed by atoms with Crippen LogP contribution < -0.4 is 4.74 Å². The summed E-state index contributed by atoms with van der Waals surface area (Å²) in [7, 11) is 2.65. The number of benzene rings is 1. The van der Waals surface area contributed by atoms with Gasteiger partial charge in [-0.05, 0) is 37.5 Å². The lowest BCUT2D eigenvalue weighted by molar-refractivity contribution is 0.0299. The second-order valence-corrected chi connectivity index (χ2v) is 7.68. The van der Waals surface area contributed by atoms with Crippen LogP contribution >= 0.6 is 10.7 Å². The number of esters is 1. The van der Waals surface area contributed by atoms with Gasteiger partial charge in [0.15, 0.2) is 0 Å². The van der Waals surface area contributed by atoms with E-state index < -0.39 is 15.0 Å². The molecule has 0 aliphatic heterocycles. The molecule has 1 aromatic carbocycles. The highest BCUT2D eigenvalue weighted by atomic mass is 35.7. The molecule has 0 saturated heterocycles. The van der Waals surface area contributed by atoms with Crippen molar-refractivity contribution in [2.24, 2.45) is 5.92 Å². The Morgan fingerprint density at radius 3 is 2.38 bits per heavy atom. The monoisotopic (exact) mass is 334 g/mol. The fourth-order valence-electron chi connectivity index (χ4n) is 1.96. The normalized spacial score (nSPS) is 13.0. The molecule has 0 spiro atoms. The van der Waals surface area contributed by atoms with Gasteiger partial charge in [-0.1, -0.05) is 13.8 Å². The van der Waals surface area contributed by atoms with Gasteiger partial charge in [0.2, 0.25) is 0 Å². The van der Waals surface area contributed by atoms with E-state index in [9.17, 15) is 13.2 Å². The van der Waals surface area contributed by atoms with Gasteiger partial charge < -0.3 is 9.47 Å². The average Bonchev–Trinajstić information content (AvgIpc) is 2.35. The Hall–Kier alpha value is -1.27. The summed E-state index contributed by atoms with van der Waals surface area (Å²) in [5.41, 5.74) is 0.116. The maximum absolute atomic E-state index is 12.0. The second kappa shape index (κ2) is 7.13. The molecule has 0 aliphatic carbocycles. The maximum atomic E-state index is 12.0. The first-order valence-corrected chi connectivity index (χ1v) is 8.79. The Kier molecular flexibility index (Phi) is 6.04. The van der Waals surface area contributed by atoms with Crippen LogP contribution in [0.1, 0.15) is 37.6 Å². The number of carbonyl (C=O) groups excluding carboxylic acids is 1. The lowest BCUT2D eigenvalue weighted by atomic mass is 10.1. The van der Waals surface area contributed by atoms with Crippen molar-refractivity contribution in [3.8, 4) is 5.75 Å². The molecular weight excluding hydrogens is 316 g/mol. The molecule has 1 atom stereocenters. The summed E-state index contributed by atoms with van der Waals surface area (Å²) in [4.78, 5) is 11.8. The number of carbonyl (C=O) groups is 1. The molecule has 7 heteroatoms. The third kappa shape index (κ3) is 5.21. The molecule has 5 nitrogen and oxygen atoms in total. The minimum absolute atomic E-state index is 0.0804. The van der Waals surface area contributed by atoms with Gasteiger partial charge in [0, 0.05) is 10.7 Å². The van der Waals surface area contributed by atoms with Crippen molar-refractivity contribution in [1.82, 2.24) is 0 Å². The summed E-state index contributed by atoms with van der Waals surface area (Å²) in [5, 5.41) is 0. The minimum Gasteiger partial charge on any atom is -0.495 e. The smallest absolute Gasteiger partial charge is 0.338 e. The Labute approximate surface area is 129 Å². The lowest BCUT2D eigenvalue weighted by Gasteiger charge is -2.15. The molecule has 0 heterocycles. The number of rotatable bonds is 6. The van der Waals surface area contributed by atoms with E-state index in [1.54, 1.807) is 6.92 Å². The molecular formula is C14H19ClO5S. The molecule has 1 rings (SSSR count).